The Morgan fingerprint density at radius 3 is 0.738 bits per heavy atom. The van der Waals surface area contributed by atoms with Crippen LogP contribution < -0.4 is 0 Å². The molecule has 0 aromatic carbocycles. The van der Waals surface area contributed by atoms with Crippen LogP contribution in [0.5, 0.6) is 0 Å². The number of carbonyl (C=O) groups excluding carboxylic acids is 4. The fourth-order valence-electron chi connectivity index (χ4n) is 9.61. The van der Waals surface area contributed by atoms with Crippen molar-refractivity contribution in [2.45, 2.75) is 331 Å². The minimum Gasteiger partial charge on any atom is -0.462 e. The van der Waals surface area contributed by atoms with Crippen molar-refractivity contribution in [1.29, 1.82) is 0 Å². The molecule has 0 spiro atoms. The molecule has 19 heteroatoms. The van der Waals surface area contributed by atoms with Crippen LogP contribution in [0.25, 0.3) is 0 Å². The fourth-order valence-corrected chi connectivity index (χ4v) is 11.2. The van der Waals surface area contributed by atoms with E-state index < -0.39 is 97.5 Å². The first-order chi connectivity index (χ1) is 40.1. The summed E-state index contributed by atoms with van der Waals surface area (Å²) in [5.74, 6) is 0.745. The normalized spacial score (nSPS) is 14.4. The van der Waals surface area contributed by atoms with Gasteiger partial charge in [0, 0.05) is 25.7 Å². The first kappa shape index (κ1) is 82.1. The van der Waals surface area contributed by atoms with Gasteiger partial charge >= 0.3 is 39.5 Å². The molecule has 0 amide bonds. The third-order valence-corrected chi connectivity index (χ3v) is 16.7. The highest BCUT2D eigenvalue weighted by Gasteiger charge is 2.30. The minimum absolute atomic E-state index is 0.102. The third kappa shape index (κ3) is 59.0. The standard InChI is InChI=1S/C65H126O17P2/c1-55(2)41-33-25-17-10-9-11-23-31-39-47-64(69)81-60(51-75-62(67)45-37-29-21-14-12-18-26-34-42-56(3)4)53-79-83(71,72)77-49-59(66)50-78-84(73,74)80-54-61(82-65(70)48-40-32-24-16-20-28-36-44-58(7)8)52-76-63(68)46-38-30-22-15-13-19-27-35-43-57(5)6/h55-61,66H,9-54H2,1-8H3,(H,71,72)(H,73,74)/t59?,60-,61-/m1/s1. The number of esters is 4. The Bertz CT molecular complexity index is 1680. The van der Waals surface area contributed by atoms with E-state index in [0.717, 1.165) is 108 Å². The van der Waals surface area contributed by atoms with Crippen LogP contribution in [0.3, 0.4) is 0 Å². The maximum absolute atomic E-state index is 13.0. The van der Waals surface area contributed by atoms with E-state index >= 15 is 0 Å². The maximum Gasteiger partial charge on any atom is 0.472 e. The van der Waals surface area contributed by atoms with Crippen LogP contribution in [0.4, 0.5) is 0 Å². The first-order valence-electron chi connectivity index (χ1n) is 33.7. The highest BCUT2D eigenvalue weighted by molar-refractivity contribution is 7.47. The summed E-state index contributed by atoms with van der Waals surface area (Å²) >= 11 is 0. The molecule has 0 heterocycles. The van der Waals surface area contributed by atoms with Crippen molar-refractivity contribution in [2.24, 2.45) is 23.7 Å². The molecule has 0 radical (unpaired) electrons. The van der Waals surface area contributed by atoms with Gasteiger partial charge in [0.1, 0.15) is 19.3 Å². The zero-order valence-electron chi connectivity index (χ0n) is 54.5. The van der Waals surface area contributed by atoms with Crippen molar-refractivity contribution in [2.75, 3.05) is 39.6 Å². The van der Waals surface area contributed by atoms with Crippen molar-refractivity contribution in [3.63, 3.8) is 0 Å². The van der Waals surface area contributed by atoms with E-state index in [4.69, 9.17) is 37.0 Å². The quantitative estimate of drug-likeness (QED) is 0.0222. The van der Waals surface area contributed by atoms with E-state index in [1.807, 2.05) is 0 Å². The lowest BCUT2D eigenvalue weighted by Crippen LogP contribution is -2.30. The first-order valence-corrected chi connectivity index (χ1v) is 36.7. The third-order valence-electron chi connectivity index (χ3n) is 14.8. The van der Waals surface area contributed by atoms with Gasteiger partial charge in [-0.1, -0.05) is 261 Å². The van der Waals surface area contributed by atoms with Crippen LogP contribution >= 0.6 is 15.6 Å². The summed E-state index contributed by atoms with van der Waals surface area (Å²) in [5.41, 5.74) is 0. The Morgan fingerprint density at radius 1 is 0.298 bits per heavy atom. The van der Waals surface area contributed by atoms with Crippen LogP contribution in [-0.2, 0) is 65.4 Å². The van der Waals surface area contributed by atoms with Crippen molar-refractivity contribution in [3.05, 3.63) is 0 Å². The predicted molar refractivity (Wildman–Crippen MR) is 335 cm³/mol. The van der Waals surface area contributed by atoms with E-state index in [2.05, 4.69) is 55.4 Å². The number of hydrogen-bond acceptors (Lipinski definition) is 15. The molecule has 498 valence electrons. The minimum atomic E-state index is -4.95. The number of unbranched alkanes of at least 4 members (excludes halogenated alkanes) is 28. The Kier molecular flexibility index (Phi) is 53.9. The maximum atomic E-state index is 13.0. The van der Waals surface area contributed by atoms with Gasteiger partial charge in [-0.25, -0.2) is 9.13 Å². The van der Waals surface area contributed by atoms with Crippen molar-refractivity contribution in [1.82, 2.24) is 0 Å². The molecule has 0 bridgehead atoms. The molecule has 3 N–H and O–H groups in total. The summed E-state index contributed by atoms with van der Waals surface area (Å²) in [6.45, 7) is 13.9. The predicted octanol–water partition coefficient (Wildman–Crippen LogP) is 17.8. The number of rotatable bonds is 62. The summed E-state index contributed by atoms with van der Waals surface area (Å²) in [6.07, 6.45) is 35.0. The van der Waals surface area contributed by atoms with Gasteiger partial charge in [0.05, 0.1) is 26.4 Å². The smallest absolute Gasteiger partial charge is 0.462 e. The molecule has 0 aliphatic rings. The number of ether oxygens (including phenoxy) is 4. The molecule has 84 heavy (non-hydrogen) atoms. The van der Waals surface area contributed by atoms with Gasteiger partial charge in [0.25, 0.3) is 0 Å². The molecule has 0 rings (SSSR count). The zero-order valence-corrected chi connectivity index (χ0v) is 56.3. The Morgan fingerprint density at radius 2 is 0.500 bits per heavy atom. The highest BCUT2D eigenvalue weighted by atomic mass is 31.2. The Hall–Kier alpha value is -1.94. The number of aliphatic hydroxyl groups is 1. The molecule has 0 saturated carbocycles. The van der Waals surface area contributed by atoms with Crippen LogP contribution in [0, 0.1) is 23.7 Å². The van der Waals surface area contributed by atoms with Crippen molar-refractivity contribution >= 4 is 39.5 Å². The SMILES string of the molecule is CC(C)CCCCCCCCCCCC(=O)O[C@H](COC(=O)CCCCCCCCCCC(C)C)COP(=O)(O)OCC(O)COP(=O)(O)OC[C@@H](COC(=O)CCCCCCCCCCC(C)C)OC(=O)CCCCCCCCCC(C)C. The summed E-state index contributed by atoms with van der Waals surface area (Å²) in [4.78, 5) is 72.3. The molecule has 0 aromatic rings. The number of hydrogen-bond donors (Lipinski definition) is 3. The second-order valence-corrected chi connectivity index (χ2v) is 28.3. The number of carbonyl (C=O) groups is 4. The highest BCUT2D eigenvalue weighted by Crippen LogP contribution is 2.45. The average molecular weight is 1240 g/mol. The van der Waals surface area contributed by atoms with E-state index in [1.54, 1.807) is 0 Å². The van der Waals surface area contributed by atoms with E-state index in [9.17, 15) is 43.2 Å². The Labute approximate surface area is 511 Å². The van der Waals surface area contributed by atoms with Crippen molar-refractivity contribution < 1.29 is 80.2 Å². The van der Waals surface area contributed by atoms with E-state index in [1.165, 1.54) is 116 Å². The Balaban J connectivity index is 5.26. The number of phosphoric ester groups is 2. The topological polar surface area (TPSA) is 237 Å². The molecular weight excluding hydrogens is 1110 g/mol. The number of phosphoric acid groups is 2. The lowest BCUT2D eigenvalue weighted by atomic mass is 10.0. The second kappa shape index (κ2) is 55.2. The van der Waals surface area contributed by atoms with Crippen LogP contribution in [-0.4, -0.2) is 96.7 Å². The monoisotopic (exact) mass is 1240 g/mol. The molecule has 0 aliphatic heterocycles. The zero-order chi connectivity index (χ0) is 62.5. The second-order valence-electron chi connectivity index (χ2n) is 25.4. The van der Waals surface area contributed by atoms with Gasteiger partial charge < -0.3 is 33.8 Å². The molecule has 0 aromatic heterocycles. The molecule has 3 unspecified atom stereocenters. The van der Waals surface area contributed by atoms with Gasteiger partial charge in [-0.3, -0.25) is 37.3 Å². The molecule has 0 aliphatic carbocycles. The van der Waals surface area contributed by atoms with Crippen LogP contribution in [0.15, 0.2) is 0 Å². The van der Waals surface area contributed by atoms with Gasteiger partial charge in [-0.2, -0.15) is 0 Å². The van der Waals surface area contributed by atoms with E-state index in [0.29, 0.717) is 31.6 Å². The largest absolute Gasteiger partial charge is 0.472 e. The van der Waals surface area contributed by atoms with Crippen LogP contribution in [0.2, 0.25) is 0 Å². The average Bonchev–Trinajstić information content (AvgIpc) is 3.57. The molecule has 5 atom stereocenters. The van der Waals surface area contributed by atoms with Gasteiger partial charge in [0.2, 0.25) is 0 Å². The lowest BCUT2D eigenvalue weighted by Gasteiger charge is -2.21. The molecule has 0 saturated heterocycles. The van der Waals surface area contributed by atoms with Gasteiger partial charge in [-0.05, 0) is 49.4 Å². The van der Waals surface area contributed by atoms with Gasteiger partial charge in [-0.15, -0.1) is 0 Å². The van der Waals surface area contributed by atoms with E-state index in [-0.39, 0.29) is 25.7 Å². The molecule has 17 nitrogen and oxygen atoms in total. The molecular formula is C65H126O17P2. The van der Waals surface area contributed by atoms with Crippen molar-refractivity contribution in [3.8, 4) is 0 Å². The molecule has 0 fully saturated rings. The fraction of sp³-hybridized carbons (Fsp3) is 0.938. The number of aliphatic hydroxyl groups excluding tert-OH is 1. The summed E-state index contributed by atoms with van der Waals surface area (Å²) < 4.78 is 68.0. The summed E-state index contributed by atoms with van der Waals surface area (Å²) in [6, 6.07) is 0. The summed E-state index contributed by atoms with van der Waals surface area (Å²) in [7, 11) is -9.89. The van der Waals surface area contributed by atoms with Crippen LogP contribution in [0.1, 0.15) is 312 Å². The summed E-state index contributed by atoms with van der Waals surface area (Å²) in [5, 5.41) is 10.5. The van der Waals surface area contributed by atoms with Gasteiger partial charge in [0.15, 0.2) is 12.2 Å². The lowest BCUT2D eigenvalue weighted by molar-refractivity contribution is -0.161.